The van der Waals surface area contributed by atoms with Crippen LogP contribution in [0.1, 0.15) is 12.8 Å². The summed E-state index contributed by atoms with van der Waals surface area (Å²) in [6.07, 6.45) is 0. The van der Waals surface area contributed by atoms with Crippen molar-refractivity contribution in [3.05, 3.63) is 35.2 Å². The maximum absolute atomic E-state index is 12.2. The van der Waals surface area contributed by atoms with Crippen LogP contribution < -0.4 is 10.1 Å². The van der Waals surface area contributed by atoms with E-state index in [1.54, 1.807) is 31.2 Å². The summed E-state index contributed by atoms with van der Waals surface area (Å²) in [7, 11) is 0. The van der Waals surface area contributed by atoms with Crippen LogP contribution in [0.4, 0.5) is 4.79 Å². The Morgan fingerprint density at radius 2 is 2.20 bits per heavy atom. The highest BCUT2D eigenvalue weighted by atomic mass is 35.5. The molecule has 1 atom stereocenters. The van der Waals surface area contributed by atoms with Crippen molar-refractivity contribution in [1.29, 1.82) is 0 Å². The Balaban J connectivity index is 1.53. The minimum absolute atomic E-state index is 0.103. The van der Waals surface area contributed by atoms with Crippen molar-refractivity contribution in [2.75, 3.05) is 13.1 Å². The Kier molecular flexibility index (Phi) is 5.44. The van der Waals surface area contributed by atoms with Gasteiger partial charge < -0.3 is 14.5 Å². The Labute approximate surface area is 152 Å². The average Bonchev–Trinajstić information content (AvgIpc) is 3.22. The second kappa shape index (κ2) is 7.75. The summed E-state index contributed by atoms with van der Waals surface area (Å²) in [5, 5.41) is 10.7. The van der Waals surface area contributed by atoms with E-state index in [0.29, 0.717) is 23.9 Å². The Bertz CT molecular complexity index is 767. The van der Waals surface area contributed by atoms with Crippen molar-refractivity contribution in [2.24, 2.45) is 0 Å². The summed E-state index contributed by atoms with van der Waals surface area (Å²) in [6.45, 7) is 2.63. The first-order valence-corrected chi connectivity index (χ1v) is 8.75. The molecule has 3 amide bonds. The molecule has 2 heterocycles. The zero-order valence-electron chi connectivity index (χ0n) is 13.3. The number of halogens is 1. The van der Waals surface area contributed by atoms with Crippen molar-refractivity contribution in [3.8, 4) is 5.75 Å². The minimum atomic E-state index is -0.519. The number of nitrogens with zero attached hydrogens (tertiary/aromatic N) is 3. The van der Waals surface area contributed by atoms with Crippen LogP contribution in [-0.4, -0.2) is 45.4 Å². The van der Waals surface area contributed by atoms with E-state index in [4.69, 9.17) is 20.8 Å². The number of carbonyl (C=O) groups excluding carboxylic acids is 2. The van der Waals surface area contributed by atoms with Gasteiger partial charge in [0, 0.05) is 18.1 Å². The number of ether oxygens (including phenoxy) is 1. The van der Waals surface area contributed by atoms with Gasteiger partial charge in [0.15, 0.2) is 6.61 Å². The van der Waals surface area contributed by atoms with Gasteiger partial charge in [-0.3, -0.25) is 9.69 Å². The molecule has 1 saturated heterocycles. The van der Waals surface area contributed by atoms with Gasteiger partial charge in [0.2, 0.25) is 5.91 Å². The summed E-state index contributed by atoms with van der Waals surface area (Å²) >= 11 is 6.91. The number of amides is 3. The third kappa shape index (κ3) is 4.43. The molecule has 0 unspecified atom stereocenters. The number of thioether (sulfide) groups is 1. The molecule has 1 aromatic heterocycles. The lowest BCUT2D eigenvalue weighted by Crippen LogP contribution is -2.38. The van der Waals surface area contributed by atoms with Gasteiger partial charge in [0.25, 0.3) is 11.1 Å². The van der Waals surface area contributed by atoms with Crippen LogP contribution in [0.25, 0.3) is 0 Å². The second-order valence-corrected chi connectivity index (χ2v) is 6.91. The van der Waals surface area contributed by atoms with Gasteiger partial charge in [0.05, 0.1) is 5.25 Å². The van der Waals surface area contributed by atoms with Crippen molar-refractivity contribution >= 4 is 35.3 Å². The molecule has 1 aliphatic heterocycles. The van der Waals surface area contributed by atoms with E-state index in [0.717, 1.165) is 11.8 Å². The standard InChI is InChI=1S/C15H15ClN4O4S/c1-9(13(21)20-7-6-17-14(20)22)25-15-19-18-12(24-15)8-23-11-4-2-10(16)3-5-11/h2-5,9H,6-8H2,1H3,(H,17,22)/t9-/m0/s1. The Morgan fingerprint density at radius 3 is 2.88 bits per heavy atom. The van der Waals surface area contributed by atoms with E-state index in [1.807, 2.05) is 0 Å². The largest absolute Gasteiger partial charge is 0.484 e. The Morgan fingerprint density at radius 1 is 1.44 bits per heavy atom. The molecule has 0 saturated carbocycles. The number of rotatable bonds is 6. The fraction of sp³-hybridized carbons (Fsp3) is 0.333. The normalized spacial score (nSPS) is 15.1. The quantitative estimate of drug-likeness (QED) is 0.765. The van der Waals surface area contributed by atoms with Gasteiger partial charge in [-0.1, -0.05) is 23.4 Å². The number of benzene rings is 1. The molecule has 25 heavy (non-hydrogen) atoms. The van der Waals surface area contributed by atoms with E-state index in [-0.39, 0.29) is 29.7 Å². The Hall–Kier alpha value is -2.26. The first-order valence-electron chi connectivity index (χ1n) is 7.49. The molecule has 1 aromatic carbocycles. The van der Waals surface area contributed by atoms with Crippen molar-refractivity contribution in [1.82, 2.24) is 20.4 Å². The number of urea groups is 1. The second-order valence-electron chi connectivity index (χ2n) is 5.19. The number of imide groups is 1. The molecule has 1 fully saturated rings. The predicted octanol–water partition coefficient (Wildman–Crippen LogP) is 2.33. The monoisotopic (exact) mass is 382 g/mol. The molecule has 2 aromatic rings. The molecule has 0 radical (unpaired) electrons. The molecule has 132 valence electrons. The first kappa shape index (κ1) is 17.6. The van der Waals surface area contributed by atoms with Gasteiger partial charge in [0.1, 0.15) is 5.75 Å². The average molecular weight is 383 g/mol. The summed E-state index contributed by atoms with van der Waals surface area (Å²) in [5.41, 5.74) is 0. The van der Waals surface area contributed by atoms with Crippen molar-refractivity contribution in [2.45, 2.75) is 24.0 Å². The predicted molar refractivity (Wildman–Crippen MR) is 90.5 cm³/mol. The zero-order chi connectivity index (χ0) is 17.8. The maximum atomic E-state index is 12.2. The molecule has 0 bridgehead atoms. The van der Waals surface area contributed by atoms with Crippen LogP contribution in [0, 0.1) is 0 Å². The van der Waals surface area contributed by atoms with Crippen LogP contribution in [-0.2, 0) is 11.4 Å². The van der Waals surface area contributed by atoms with Gasteiger partial charge in [-0.25, -0.2) is 4.79 Å². The summed E-state index contributed by atoms with van der Waals surface area (Å²) < 4.78 is 11.0. The minimum Gasteiger partial charge on any atom is -0.484 e. The lowest BCUT2D eigenvalue weighted by Gasteiger charge is -2.15. The molecule has 0 spiro atoms. The first-order chi connectivity index (χ1) is 12.0. The highest BCUT2D eigenvalue weighted by Gasteiger charge is 2.31. The van der Waals surface area contributed by atoms with Gasteiger partial charge in [-0.05, 0) is 31.2 Å². The third-order valence-electron chi connectivity index (χ3n) is 3.37. The zero-order valence-corrected chi connectivity index (χ0v) is 14.8. The van der Waals surface area contributed by atoms with E-state index in [9.17, 15) is 9.59 Å². The number of hydrogen-bond donors (Lipinski definition) is 1. The molecule has 3 rings (SSSR count). The molecular formula is C15H15ClN4O4S. The molecular weight excluding hydrogens is 368 g/mol. The smallest absolute Gasteiger partial charge is 0.324 e. The number of aromatic nitrogens is 2. The van der Waals surface area contributed by atoms with Crippen molar-refractivity contribution in [3.63, 3.8) is 0 Å². The SMILES string of the molecule is C[C@H](Sc1nnc(COc2ccc(Cl)cc2)o1)C(=O)N1CCNC1=O. The van der Waals surface area contributed by atoms with Crippen molar-refractivity contribution < 1.29 is 18.7 Å². The summed E-state index contributed by atoms with van der Waals surface area (Å²) in [5.74, 6) is 0.619. The van der Waals surface area contributed by atoms with Crippen LogP contribution in [0.3, 0.4) is 0 Å². The lowest BCUT2D eigenvalue weighted by molar-refractivity contribution is -0.126. The van der Waals surface area contributed by atoms with Gasteiger partial charge >= 0.3 is 6.03 Å². The summed E-state index contributed by atoms with van der Waals surface area (Å²) in [4.78, 5) is 24.9. The molecule has 10 heteroatoms. The number of carbonyl (C=O) groups is 2. The maximum Gasteiger partial charge on any atom is 0.324 e. The van der Waals surface area contributed by atoms with E-state index < -0.39 is 5.25 Å². The van der Waals surface area contributed by atoms with Crippen LogP contribution in [0.15, 0.2) is 33.9 Å². The molecule has 1 aliphatic rings. The molecule has 0 aliphatic carbocycles. The van der Waals surface area contributed by atoms with Crippen LogP contribution >= 0.6 is 23.4 Å². The highest BCUT2D eigenvalue weighted by Crippen LogP contribution is 2.24. The van der Waals surface area contributed by atoms with E-state index in [2.05, 4.69) is 15.5 Å². The topological polar surface area (TPSA) is 97.6 Å². The molecule has 8 nitrogen and oxygen atoms in total. The van der Waals surface area contributed by atoms with E-state index >= 15 is 0 Å². The number of nitrogens with one attached hydrogen (secondary N) is 1. The fourth-order valence-corrected chi connectivity index (χ4v) is 3.01. The van der Waals surface area contributed by atoms with Crippen LogP contribution in [0.5, 0.6) is 5.75 Å². The van der Waals surface area contributed by atoms with E-state index in [1.165, 1.54) is 4.90 Å². The van der Waals surface area contributed by atoms with Gasteiger partial charge in [-0.2, -0.15) is 0 Å². The third-order valence-corrected chi connectivity index (χ3v) is 4.55. The highest BCUT2D eigenvalue weighted by molar-refractivity contribution is 8.00. The summed E-state index contributed by atoms with van der Waals surface area (Å²) in [6, 6.07) is 6.52. The van der Waals surface area contributed by atoms with Gasteiger partial charge in [-0.15, -0.1) is 10.2 Å². The molecule has 1 N–H and O–H groups in total. The fourth-order valence-electron chi connectivity index (χ4n) is 2.12. The van der Waals surface area contributed by atoms with Crippen LogP contribution in [0.2, 0.25) is 5.02 Å². The number of hydrogen-bond acceptors (Lipinski definition) is 7. The lowest BCUT2D eigenvalue weighted by atomic mass is 10.3.